The van der Waals surface area contributed by atoms with E-state index in [1.807, 2.05) is 31.2 Å². The zero-order chi connectivity index (χ0) is 24.3. The Morgan fingerprint density at radius 1 is 1.06 bits per heavy atom. The summed E-state index contributed by atoms with van der Waals surface area (Å²) in [6, 6.07) is 16.3. The van der Waals surface area contributed by atoms with Gasteiger partial charge in [0.2, 0.25) is 5.91 Å². The standard InChI is InChI=1S/C27H32N2O5/c1-3-13-26(2,24(31)32)28-23(30)16-27(14-8-15-27)29-25(33)34-17-22-20-11-6-4-9-18(20)19-10-5-7-12-21(19)22/h4-7,9-12,22H,3,8,13-17H2,1-2H3,(H,28,30)(H,29,33)(H,31,32). The minimum absolute atomic E-state index is 0.0315. The molecular weight excluding hydrogens is 432 g/mol. The van der Waals surface area contributed by atoms with Gasteiger partial charge in [0.05, 0.1) is 5.54 Å². The van der Waals surface area contributed by atoms with E-state index in [-0.39, 0.29) is 24.9 Å². The molecule has 2 aromatic rings. The number of benzene rings is 2. The van der Waals surface area contributed by atoms with Gasteiger partial charge >= 0.3 is 12.1 Å². The van der Waals surface area contributed by atoms with Crippen LogP contribution in [0.25, 0.3) is 11.1 Å². The number of rotatable bonds is 9. The number of hydrogen-bond donors (Lipinski definition) is 3. The fourth-order valence-corrected chi connectivity index (χ4v) is 5.18. The molecule has 1 unspecified atom stereocenters. The smallest absolute Gasteiger partial charge is 0.407 e. The van der Waals surface area contributed by atoms with Gasteiger partial charge in [-0.3, -0.25) is 4.79 Å². The zero-order valence-electron chi connectivity index (χ0n) is 19.7. The van der Waals surface area contributed by atoms with E-state index in [9.17, 15) is 19.5 Å². The van der Waals surface area contributed by atoms with Crippen LogP contribution in [-0.4, -0.2) is 40.8 Å². The minimum atomic E-state index is -1.32. The molecular formula is C27H32N2O5. The number of amides is 2. The van der Waals surface area contributed by atoms with E-state index in [0.29, 0.717) is 25.7 Å². The van der Waals surface area contributed by atoms with Crippen LogP contribution >= 0.6 is 0 Å². The first-order chi connectivity index (χ1) is 16.3. The summed E-state index contributed by atoms with van der Waals surface area (Å²) < 4.78 is 5.65. The van der Waals surface area contributed by atoms with Crippen molar-refractivity contribution in [2.75, 3.05) is 6.61 Å². The van der Waals surface area contributed by atoms with E-state index in [1.54, 1.807) is 0 Å². The third-order valence-corrected chi connectivity index (χ3v) is 7.16. The quantitative estimate of drug-likeness (QED) is 0.503. The van der Waals surface area contributed by atoms with Crippen molar-refractivity contribution in [2.45, 2.75) is 69.4 Å². The molecule has 2 aromatic carbocycles. The molecule has 1 saturated carbocycles. The first-order valence-electron chi connectivity index (χ1n) is 11.9. The Hall–Kier alpha value is -3.35. The van der Waals surface area contributed by atoms with E-state index >= 15 is 0 Å². The number of hydrogen-bond acceptors (Lipinski definition) is 4. The highest BCUT2D eigenvalue weighted by atomic mass is 16.5. The van der Waals surface area contributed by atoms with Crippen molar-refractivity contribution >= 4 is 18.0 Å². The Labute approximate surface area is 199 Å². The summed E-state index contributed by atoms with van der Waals surface area (Å²) in [5.41, 5.74) is 2.58. The van der Waals surface area contributed by atoms with Crippen LogP contribution in [0.2, 0.25) is 0 Å². The molecule has 180 valence electrons. The number of aliphatic carboxylic acids is 1. The molecule has 0 spiro atoms. The Bertz CT molecular complexity index is 1050. The molecule has 34 heavy (non-hydrogen) atoms. The number of carboxylic acids is 1. The Kier molecular flexibility index (Phi) is 6.64. The maximum absolute atomic E-state index is 12.8. The lowest BCUT2D eigenvalue weighted by molar-refractivity contribution is -0.147. The number of nitrogens with one attached hydrogen (secondary N) is 2. The van der Waals surface area contributed by atoms with Gasteiger partial charge < -0.3 is 20.5 Å². The summed E-state index contributed by atoms with van der Waals surface area (Å²) in [5.74, 6) is -1.48. The Morgan fingerprint density at radius 2 is 1.65 bits per heavy atom. The fraction of sp³-hybridized carbons (Fsp3) is 0.444. The third-order valence-electron chi connectivity index (χ3n) is 7.16. The molecule has 0 aliphatic heterocycles. The molecule has 7 nitrogen and oxygen atoms in total. The summed E-state index contributed by atoms with van der Waals surface area (Å²) in [6.45, 7) is 3.60. The summed E-state index contributed by atoms with van der Waals surface area (Å²) in [7, 11) is 0. The van der Waals surface area contributed by atoms with Crippen molar-refractivity contribution in [3.05, 3.63) is 59.7 Å². The number of carbonyl (C=O) groups is 3. The van der Waals surface area contributed by atoms with Gasteiger partial charge in [-0.15, -0.1) is 0 Å². The van der Waals surface area contributed by atoms with Gasteiger partial charge in [0.1, 0.15) is 12.1 Å². The van der Waals surface area contributed by atoms with Gasteiger partial charge in [-0.1, -0.05) is 61.9 Å². The molecule has 0 heterocycles. The van der Waals surface area contributed by atoms with Gasteiger partial charge in [-0.25, -0.2) is 9.59 Å². The highest BCUT2D eigenvalue weighted by Gasteiger charge is 2.43. The largest absolute Gasteiger partial charge is 0.480 e. The van der Waals surface area contributed by atoms with E-state index in [4.69, 9.17) is 4.74 Å². The molecule has 4 rings (SSSR count). The second-order valence-corrected chi connectivity index (χ2v) is 9.70. The van der Waals surface area contributed by atoms with Crippen LogP contribution in [0.5, 0.6) is 0 Å². The summed E-state index contributed by atoms with van der Waals surface area (Å²) >= 11 is 0. The molecule has 0 saturated heterocycles. The fourth-order valence-electron chi connectivity index (χ4n) is 5.18. The van der Waals surface area contributed by atoms with Crippen molar-refractivity contribution in [3.8, 4) is 11.1 Å². The van der Waals surface area contributed by atoms with Crippen molar-refractivity contribution in [1.82, 2.24) is 10.6 Å². The van der Waals surface area contributed by atoms with Gasteiger partial charge in [0.15, 0.2) is 0 Å². The summed E-state index contributed by atoms with van der Waals surface area (Å²) in [6.07, 6.45) is 2.65. The van der Waals surface area contributed by atoms with Crippen molar-refractivity contribution in [2.24, 2.45) is 0 Å². The maximum atomic E-state index is 12.8. The predicted molar refractivity (Wildman–Crippen MR) is 128 cm³/mol. The molecule has 2 amide bonds. The lowest BCUT2D eigenvalue weighted by Crippen LogP contribution is -2.59. The van der Waals surface area contributed by atoms with Crippen molar-refractivity contribution in [3.63, 3.8) is 0 Å². The number of carbonyl (C=O) groups excluding carboxylic acids is 2. The second-order valence-electron chi connectivity index (χ2n) is 9.70. The van der Waals surface area contributed by atoms with Crippen LogP contribution in [0, 0.1) is 0 Å². The van der Waals surface area contributed by atoms with Gasteiger partial charge in [-0.05, 0) is 54.9 Å². The predicted octanol–water partition coefficient (Wildman–Crippen LogP) is 4.60. The Morgan fingerprint density at radius 3 is 2.15 bits per heavy atom. The zero-order valence-corrected chi connectivity index (χ0v) is 19.7. The van der Waals surface area contributed by atoms with Gasteiger partial charge in [0, 0.05) is 12.3 Å². The highest BCUT2D eigenvalue weighted by Crippen LogP contribution is 2.44. The van der Waals surface area contributed by atoms with Crippen molar-refractivity contribution in [1.29, 1.82) is 0 Å². The van der Waals surface area contributed by atoms with Crippen LogP contribution in [0.3, 0.4) is 0 Å². The van der Waals surface area contributed by atoms with E-state index < -0.39 is 23.1 Å². The average Bonchev–Trinajstić information content (AvgIpc) is 3.10. The Balaban J connectivity index is 1.38. The van der Waals surface area contributed by atoms with Crippen LogP contribution in [0.4, 0.5) is 4.79 Å². The molecule has 1 atom stereocenters. The summed E-state index contributed by atoms with van der Waals surface area (Å²) in [5, 5.41) is 15.1. The molecule has 0 aromatic heterocycles. The second kappa shape index (κ2) is 9.49. The monoisotopic (exact) mass is 464 g/mol. The number of alkyl carbamates (subject to hydrolysis) is 1. The molecule has 2 aliphatic rings. The molecule has 1 fully saturated rings. The number of ether oxygens (including phenoxy) is 1. The lowest BCUT2D eigenvalue weighted by atomic mass is 9.74. The highest BCUT2D eigenvalue weighted by molar-refractivity contribution is 5.87. The molecule has 0 bridgehead atoms. The number of carboxylic acid groups (broad SMARTS) is 1. The molecule has 3 N–H and O–H groups in total. The number of fused-ring (bicyclic) bond motifs is 3. The van der Waals surface area contributed by atoms with Crippen molar-refractivity contribution < 1.29 is 24.2 Å². The molecule has 0 radical (unpaired) electrons. The van der Waals surface area contributed by atoms with E-state index in [2.05, 4.69) is 34.9 Å². The normalized spacial score (nSPS) is 17.5. The first kappa shape index (κ1) is 23.8. The van der Waals surface area contributed by atoms with Crippen LogP contribution in [-0.2, 0) is 14.3 Å². The first-order valence-corrected chi connectivity index (χ1v) is 11.9. The topological polar surface area (TPSA) is 105 Å². The van der Waals surface area contributed by atoms with Crippen LogP contribution in [0.1, 0.15) is 69.4 Å². The van der Waals surface area contributed by atoms with Crippen LogP contribution < -0.4 is 10.6 Å². The SMILES string of the molecule is CCCC(C)(NC(=O)CC1(NC(=O)OCC2c3ccccc3-c3ccccc32)CCC1)C(=O)O. The third kappa shape index (κ3) is 4.65. The molecule has 2 aliphatic carbocycles. The van der Waals surface area contributed by atoms with Gasteiger partial charge in [0.25, 0.3) is 0 Å². The van der Waals surface area contributed by atoms with E-state index in [0.717, 1.165) is 28.7 Å². The molecule has 7 heteroatoms. The minimum Gasteiger partial charge on any atom is -0.480 e. The van der Waals surface area contributed by atoms with Crippen LogP contribution in [0.15, 0.2) is 48.5 Å². The van der Waals surface area contributed by atoms with E-state index in [1.165, 1.54) is 6.92 Å². The van der Waals surface area contributed by atoms with Gasteiger partial charge in [-0.2, -0.15) is 0 Å². The lowest BCUT2D eigenvalue weighted by Gasteiger charge is -2.42. The summed E-state index contributed by atoms with van der Waals surface area (Å²) in [4.78, 5) is 37.1. The maximum Gasteiger partial charge on any atom is 0.407 e. The average molecular weight is 465 g/mol.